The van der Waals surface area contributed by atoms with Gasteiger partial charge in [-0.15, -0.1) is 0 Å². The molecule has 19 heteroatoms. The Morgan fingerprint density at radius 1 is 0.367 bits per heavy atom. The SMILES string of the molecule is CCCCCC/C=C\C=C/CCCCCCCC(=O)OC[C@H](COP(=O)(O)OC[C@@H](O)COP(=O)(O)OC[C@@H](COC(=O)CCCCCCC)OC(=O)CCCCCCCCCCCCC(C)CC)OC(=O)CCCCCCCCCCCCCCCC(C)C. The van der Waals surface area contributed by atoms with Gasteiger partial charge in [0.1, 0.15) is 19.3 Å². The average molecular weight is 1320 g/mol. The largest absolute Gasteiger partial charge is 0.472 e. The van der Waals surface area contributed by atoms with Gasteiger partial charge in [0.2, 0.25) is 0 Å². The molecule has 0 aliphatic heterocycles. The summed E-state index contributed by atoms with van der Waals surface area (Å²) in [6.07, 6.45) is 51.0. The van der Waals surface area contributed by atoms with Crippen molar-refractivity contribution in [3.63, 3.8) is 0 Å². The molecule has 0 aliphatic rings. The maximum atomic E-state index is 13.0. The predicted molar refractivity (Wildman–Crippen MR) is 363 cm³/mol. The van der Waals surface area contributed by atoms with Gasteiger partial charge < -0.3 is 33.8 Å². The van der Waals surface area contributed by atoms with Crippen LogP contribution in [0.15, 0.2) is 24.3 Å². The Kier molecular flexibility index (Phi) is 60.9. The second kappa shape index (κ2) is 62.6. The third-order valence-electron chi connectivity index (χ3n) is 16.2. The summed E-state index contributed by atoms with van der Waals surface area (Å²) >= 11 is 0. The van der Waals surface area contributed by atoms with Crippen molar-refractivity contribution in [2.45, 2.75) is 355 Å². The highest BCUT2D eigenvalue weighted by Crippen LogP contribution is 2.45. The maximum absolute atomic E-state index is 13.0. The number of aliphatic hydroxyl groups is 1. The van der Waals surface area contributed by atoms with Crippen LogP contribution < -0.4 is 0 Å². The first-order chi connectivity index (χ1) is 43.4. The summed E-state index contributed by atoms with van der Waals surface area (Å²) in [7, 11) is -9.91. The molecule has 530 valence electrons. The highest BCUT2D eigenvalue weighted by Gasteiger charge is 2.30. The van der Waals surface area contributed by atoms with E-state index in [1.165, 1.54) is 128 Å². The minimum Gasteiger partial charge on any atom is -0.462 e. The zero-order valence-corrected chi connectivity index (χ0v) is 59.7. The van der Waals surface area contributed by atoms with Crippen LogP contribution in [-0.4, -0.2) is 96.7 Å². The number of ether oxygens (including phenoxy) is 4. The van der Waals surface area contributed by atoms with E-state index in [0.29, 0.717) is 25.7 Å². The van der Waals surface area contributed by atoms with Crippen LogP contribution in [-0.2, 0) is 65.4 Å². The minimum atomic E-state index is -4.96. The lowest BCUT2D eigenvalue weighted by atomic mass is 9.99. The summed E-state index contributed by atoms with van der Waals surface area (Å²) in [5.74, 6) is -0.578. The highest BCUT2D eigenvalue weighted by molar-refractivity contribution is 7.47. The molecule has 0 aromatic carbocycles. The number of esters is 4. The van der Waals surface area contributed by atoms with Crippen LogP contribution in [0.4, 0.5) is 0 Å². The van der Waals surface area contributed by atoms with Gasteiger partial charge in [-0.2, -0.15) is 0 Å². The maximum Gasteiger partial charge on any atom is 0.472 e. The molecule has 0 saturated heterocycles. The van der Waals surface area contributed by atoms with Crippen molar-refractivity contribution in [3.05, 3.63) is 24.3 Å². The Bertz CT molecular complexity index is 1850. The smallest absolute Gasteiger partial charge is 0.462 e. The van der Waals surface area contributed by atoms with Crippen molar-refractivity contribution < 1.29 is 80.2 Å². The highest BCUT2D eigenvalue weighted by atomic mass is 31.2. The van der Waals surface area contributed by atoms with Crippen molar-refractivity contribution in [3.8, 4) is 0 Å². The number of hydrogen-bond donors (Lipinski definition) is 3. The Labute approximate surface area is 548 Å². The van der Waals surface area contributed by atoms with Gasteiger partial charge in [0.05, 0.1) is 26.4 Å². The standard InChI is InChI=1S/C71H134O17P2/c1-7-10-12-14-15-16-17-18-19-22-25-31-36-42-48-54-69(74)82-60-67(88-71(76)55-49-43-37-32-26-23-20-21-24-29-34-40-45-51-63(4)5)62-86-90(79,80)84-58-65(72)57-83-89(77,78)85-61-66(59-81-68(73)53-47-39-13-11-8-2)87-70(75)56-50-44-38-33-28-27-30-35-41-46-52-64(6)9-3/h16-19,63-67,72H,7-15,20-62H2,1-6H3,(H,77,78)(H,79,80)/b17-16-,19-18-/t64?,65-,66+,67+/m0/s1. The molecule has 0 aromatic heterocycles. The molecule has 90 heavy (non-hydrogen) atoms. The number of carbonyl (C=O) groups is 4. The molecular weight excluding hydrogens is 1190 g/mol. The summed E-state index contributed by atoms with van der Waals surface area (Å²) in [5, 5.41) is 10.6. The predicted octanol–water partition coefficient (Wildman–Crippen LogP) is 19.9. The van der Waals surface area contributed by atoms with Crippen molar-refractivity contribution in [2.75, 3.05) is 39.6 Å². The topological polar surface area (TPSA) is 237 Å². The van der Waals surface area contributed by atoms with Gasteiger partial charge in [-0.25, -0.2) is 9.13 Å². The van der Waals surface area contributed by atoms with Crippen molar-refractivity contribution in [1.29, 1.82) is 0 Å². The molecule has 0 heterocycles. The van der Waals surface area contributed by atoms with Gasteiger partial charge in [0, 0.05) is 25.7 Å². The summed E-state index contributed by atoms with van der Waals surface area (Å²) in [6.45, 7) is 9.44. The Morgan fingerprint density at radius 3 is 1.00 bits per heavy atom. The molecule has 17 nitrogen and oxygen atoms in total. The monoisotopic (exact) mass is 1320 g/mol. The molecular formula is C71H134O17P2. The number of aliphatic hydroxyl groups excluding tert-OH is 1. The molecule has 0 radical (unpaired) electrons. The van der Waals surface area contributed by atoms with Crippen molar-refractivity contribution >= 4 is 39.5 Å². The van der Waals surface area contributed by atoms with Crippen molar-refractivity contribution in [2.24, 2.45) is 11.8 Å². The number of hydrogen-bond acceptors (Lipinski definition) is 15. The summed E-state index contributed by atoms with van der Waals surface area (Å²) < 4.78 is 68.1. The molecule has 0 aromatic rings. The third-order valence-corrected chi connectivity index (χ3v) is 18.1. The van der Waals surface area contributed by atoms with Crippen LogP contribution in [0.3, 0.4) is 0 Å². The van der Waals surface area contributed by atoms with E-state index >= 15 is 0 Å². The molecule has 3 N–H and O–H groups in total. The minimum absolute atomic E-state index is 0.100. The molecule has 0 fully saturated rings. The fraction of sp³-hybridized carbons (Fsp3) is 0.887. The van der Waals surface area contributed by atoms with Crippen LogP contribution >= 0.6 is 15.6 Å². The van der Waals surface area contributed by atoms with Crippen LogP contribution in [0.1, 0.15) is 337 Å². The molecule has 0 aliphatic carbocycles. The molecule has 0 rings (SSSR count). The molecule has 0 spiro atoms. The van der Waals surface area contributed by atoms with Crippen molar-refractivity contribution in [1.82, 2.24) is 0 Å². The first-order valence-electron chi connectivity index (χ1n) is 36.3. The van der Waals surface area contributed by atoms with Crippen LogP contribution in [0.25, 0.3) is 0 Å². The van der Waals surface area contributed by atoms with E-state index < -0.39 is 97.5 Å². The zero-order valence-electron chi connectivity index (χ0n) is 57.9. The fourth-order valence-corrected chi connectivity index (χ4v) is 11.8. The number of phosphoric ester groups is 2. The summed E-state index contributed by atoms with van der Waals surface area (Å²) in [5.41, 5.74) is 0. The van der Waals surface area contributed by atoms with E-state index in [9.17, 15) is 43.2 Å². The lowest BCUT2D eigenvalue weighted by Gasteiger charge is -2.21. The number of carbonyl (C=O) groups excluding carboxylic acids is 4. The Morgan fingerprint density at radius 2 is 0.656 bits per heavy atom. The first kappa shape index (κ1) is 87.5. The van der Waals surface area contributed by atoms with Gasteiger partial charge in [-0.1, -0.05) is 284 Å². The van der Waals surface area contributed by atoms with Gasteiger partial charge in [-0.3, -0.25) is 37.3 Å². The molecule has 3 unspecified atom stereocenters. The lowest BCUT2D eigenvalue weighted by molar-refractivity contribution is -0.161. The third kappa shape index (κ3) is 63.0. The second-order valence-electron chi connectivity index (χ2n) is 25.7. The zero-order chi connectivity index (χ0) is 66.5. The number of unbranched alkanes of at least 4 members (excludes halogenated alkanes) is 34. The summed E-state index contributed by atoms with van der Waals surface area (Å²) in [6, 6.07) is 0. The molecule has 0 bridgehead atoms. The normalized spacial score (nSPS) is 14.6. The second-order valence-corrected chi connectivity index (χ2v) is 28.6. The van der Waals surface area contributed by atoms with E-state index in [0.717, 1.165) is 127 Å². The lowest BCUT2D eigenvalue weighted by Crippen LogP contribution is -2.30. The fourth-order valence-electron chi connectivity index (χ4n) is 10.2. The van der Waals surface area contributed by atoms with Crippen LogP contribution in [0.5, 0.6) is 0 Å². The number of rotatable bonds is 68. The van der Waals surface area contributed by atoms with Gasteiger partial charge in [0.15, 0.2) is 12.2 Å². The molecule has 0 amide bonds. The number of phosphoric acid groups is 2. The molecule has 0 saturated carbocycles. The molecule has 6 atom stereocenters. The van der Waals surface area contributed by atoms with Crippen LogP contribution in [0, 0.1) is 11.8 Å². The average Bonchev–Trinajstić information content (AvgIpc) is 2.66. The number of allylic oxidation sites excluding steroid dienone is 4. The first-order valence-corrected chi connectivity index (χ1v) is 39.3. The van der Waals surface area contributed by atoms with Gasteiger partial charge in [-0.05, 0) is 63.2 Å². The van der Waals surface area contributed by atoms with E-state index in [1.54, 1.807) is 0 Å². The summed E-state index contributed by atoms with van der Waals surface area (Å²) in [4.78, 5) is 72.3. The van der Waals surface area contributed by atoms with E-state index in [4.69, 9.17) is 37.0 Å². The van der Waals surface area contributed by atoms with E-state index in [2.05, 4.69) is 65.8 Å². The van der Waals surface area contributed by atoms with E-state index in [-0.39, 0.29) is 25.7 Å². The quantitative estimate of drug-likeness (QED) is 0.0169. The Hall–Kier alpha value is -2.46. The van der Waals surface area contributed by atoms with E-state index in [1.807, 2.05) is 0 Å². The Balaban J connectivity index is 5.20. The van der Waals surface area contributed by atoms with Gasteiger partial charge in [0.25, 0.3) is 0 Å². The van der Waals surface area contributed by atoms with Crippen LogP contribution in [0.2, 0.25) is 0 Å². The van der Waals surface area contributed by atoms with Gasteiger partial charge >= 0.3 is 39.5 Å².